The maximum absolute atomic E-state index is 10.2. The second-order valence-electron chi connectivity index (χ2n) is 5.01. The highest BCUT2D eigenvalue weighted by Crippen LogP contribution is 2.15. The molecule has 0 spiro atoms. The zero-order chi connectivity index (χ0) is 14.4. The predicted molar refractivity (Wildman–Crippen MR) is 79.9 cm³/mol. The van der Waals surface area contributed by atoms with Crippen molar-refractivity contribution in [1.82, 2.24) is 9.88 Å². The van der Waals surface area contributed by atoms with E-state index in [4.69, 9.17) is 5.73 Å². The van der Waals surface area contributed by atoms with E-state index in [1.54, 1.807) is 12.4 Å². The van der Waals surface area contributed by atoms with Gasteiger partial charge in [0.25, 0.3) is 0 Å². The van der Waals surface area contributed by atoms with Crippen molar-refractivity contribution in [2.24, 2.45) is 5.73 Å². The molecule has 4 heteroatoms. The second-order valence-corrected chi connectivity index (χ2v) is 5.01. The third-order valence-electron chi connectivity index (χ3n) is 3.29. The number of pyridine rings is 1. The zero-order valence-corrected chi connectivity index (χ0v) is 11.7. The fourth-order valence-electron chi connectivity index (χ4n) is 2.14. The quantitative estimate of drug-likeness (QED) is 0.839. The van der Waals surface area contributed by atoms with Crippen LogP contribution in [-0.4, -0.2) is 28.6 Å². The molecule has 20 heavy (non-hydrogen) atoms. The van der Waals surface area contributed by atoms with Gasteiger partial charge in [-0.25, -0.2) is 0 Å². The molecule has 4 nitrogen and oxygen atoms in total. The van der Waals surface area contributed by atoms with Crippen LogP contribution in [-0.2, 0) is 13.1 Å². The summed E-state index contributed by atoms with van der Waals surface area (Å²) in [4.78, 5) is 6.09. The molecule has 0 bridgehead atoms. The minimum atomic E-state index is -0.492. The summed E-state index contributed by atoms with van der Waals surface area (Å²) in [6, 6.07) is 11.8. The summed E-state index contributed by atoms with van der Waals surface area (Å²) in [5.41, 5.74) is 8.75. The highest BCUT2D eigenvalue weighted by molar-refractivity contribution is 5.24. The topological polar surface area (TPSA) is 62.4 Å². The molecule has 106 valence electrons. The van der Waals surface area contributed by atoms with Crippen LogP contribution in [0.15, 0.2) is 48.8 Å². The van der Waals surface area contributed by atoms with Crippen LogP contribution < -0.4 is 5.73 Å². The fourth-order valence-corrected chi connectivity index (χ4v) is 2.14. The normalized spacial score (nSPS) is 12.6. The first-order valence-electron chi connectivity index (χ1n) is 6.73. The number of benzene rings is 1. The van der Waals surface area contributed by atoms with Crippen LogP contribution >= 0.6 is 0 Å². The molecule has 1 atom stereocenters. The van der Waals surface area contributed by atoms with E-state index in [0.717, 1.165) is 17.7 Å². The van der Waals surface area contributed by atoms with Crippen molar-refractivity contribution in [2.45, 2.75) is 19.2 Å². The van der Waals surface area contributed by atoms with Crippen molar-refractivity contribution in [2.75, 3.05) is 13.6 Å². The highest BCUT2D eigenvalue weighted by atomic mass is 16.3. The fraction of sp³-hybridized carbons (Fsp3) is 0.312. The van der Waals surface area contributed by atoms with E-state index < -0.39 is 6.10 Å². The zero-order valence-electron chi connectivity index (χ0n) is 11.7. The lowest BCUT2D eigenvalue weighted by atomic mass is 10.1. The molecule has 1 aromatic carbocycles. The number of hydrogen-bond donors (Lipinski definition) is 2. The molecular formula is C16H21N3O. The average molecular weight is 271 g/mol. The summed E-state index contributed by atoms with van der Waals surface area (Å²) in [6.45, 7) is 1.91. The number of aliphatic hydroxyl groups excluding tert-OH is 1. The lowest BCUT2D eigenvalue weighted by molar-refractivity contribution is 0.124. The number of nitrogens with zero attached hydrogens (tertiary/aromatic N) is 2. The SMILES string of the molecule is CN(Cc1ccncc1)CC(O)c1ccc(CN)cc1. The summed E-state index contributed by atoms with van der Waals surface area (Å²) in [5, 5.41) is 10.2. The standard InChI is InChI=1S/C16H21N3O/c1-19(11-14-6-8-18-9-7-14)12-16(20)15-4-2-13(10-17)3-5-15/h2-9,16,20H,10-12,17H2,1H3. The Bertz CT molecular complexity index is 513. The Kier molecular flexibility index (Phi) is 5.24. The van der Waals surface area contributed by atoms with Crippen molar-refractivity contribution >= 4 is 0 Å². The molecule has 1 aromatic heterocycles. The lowest BCUT2D eigenvalue weighted by Gasteiger charge is -2.21. The molecule has 2 rings (SSSR count). The second kappa shape index (κ2) is 7.14. The van der Waals surface area contributed by atoms with Crippen molar-refractivity contribution in [3.63, 3.8) is 0 Å². The van der Waals surface area contributed by atoms with Gasteiger partial charge in [-0.3, -0.25) is 9.88 Å². The van der Waals surface area contributed by atoms with Gasteiger partial charge in [0.15, 0.2) is 0 Å². The molecule has 1 unspecified atom stereocenters. The van der Waals surface area contributed by atoms with Crippen LogP contribution in [0.2, 0.25) is 0 Å². The van der Waals surface area contributed by atoms with Gasteiger partial charge in [-0.15, -0.1) is 0 Å². The van der Waals surface area contributed by atoms with Gasteiger partial charge in [-0.2, -0.15) is 0 Å². The van der Waals surface area contributed by atoms with Gasteiger partial charge in [0.05, 0.1) is 6.10 Å². The van der Waals surface area contributed by atoms with Gasteiger partial charge in [0.2, 0.25) is 0 Å². The Hall–Kier alpha value is -1.75. The Labute approximate surface area is 119 Å². The smallest absolute Gasteiger partial charge is 0.0916 e. The monoisotopic (exact) mass is 271 g/mol. The third kappa shape index (κ3) is 4.13. The van der Waals surface area contributed by atoms with E-state index in [2.05, 4.69) is 9.88 Å². The van der Waals surface area contributed by atoms with Crippen LogP contribution in [0.5, 0.6) is 0 Å². The minimum absolute atomic E-state index is 0.492. The average Bonchev–Trinajstić information content (AvgIpc) is 2.48. The molecule has 3 N–H and O–H groups in total. The number of nitrogens with two attached hydrogens (primary N) is 1. The number of aromatic nitrogens is 1. The molecule has 2 aromatic rings. The van der Waals surface area contributed by atoms with Gasteiger partial charge in [-0.05, 0) is 35.9 Å². The van der Waals surface area contributed by atoms with Gasteiger partial charge in [-0.1, -0.05) is 24.3 Å². The summed E-state index contributed by atoms with van der Waals surface area (Å²) in [5.74, 6) is 0. The Morgan fingerprint density at radius 3 is 2.35 bits per heavy atom. The molecule has 0 fully saturated rings. The first kappa shape index (κ1) is 14.7. The molecule has 0 radical (unpaired) electrons. The summed E-state index contributed by atoms with van der Waals surface area (Å²) in [7, 11) is 2.00. The van der Waals surface area contributed by atoms with Crippen LogP contribution in [0.25, 0.3) is 0 Å². The van der Waals surface area contributed by atoms with E-state index in [9.17, 15) is 5.11 Å². The van der Waals surface area contributed by atoms with Crippen LogP contribution in [0.3, 0.4) is 0 Å². The summed E-state index contributed by atoms with van der Waals surface area (Å²) in [6.07, 6.45) is 3.07. The van der Waals surface area contributed by atoms with Gasteiger partial charge < -0.3 is 10.8 Å². The number of likely N-dealkylation sites (N-methyl/N-ethyl adjacent to an activating group) is 1. The van der Waals surface area contributed by atoms with Crippen molar-refractivity contribution < 1.29 is 5.11 Å². The van der Waals surface area contributed by atoms with E-state index in [0.29, 0.717) is 13.1 Å². The van der Waals surface area contributed by atoms with E-state index in [1.807, 2.05) is 43.4 Å². The van der Waals surface area contributed by atoms with Crippen molar-refractivity contribution in [1.29, 1.82) is 0 Å². The molecular weight excluding hydrogens is 250 g/mol. The van der Waals surface area contributed by atoms with Crippen LogP contribution in [0.4, 0.5) is 0 Å². The molecule has 0 aliphatic rings. The molecule has 0 saturated carbocycles. The van der Waals surface area contributed by atoms with Crippen molar-refractivity contribution in [3.05, 3.63) is 65.5 Å². The Morgan fingerprint density at radius 1 is 1.10 bits per heavy atom. The van der Waals surface area contributed by atoms with Crippen LogP contribution in [0.1, 0.15) is 22.8 Å². The highest BCUT2D eigenvalue weighted by Gasteiger charge is 2.11. The summed E-state index contributed by atoms with van der Waals surface area (Å²) >= 11 is 0. The van der Waals surface area contributed by atoms with Gasteiger partial charge in [0.1, 0.15) is 0 Å². The number of hydrogen-bond acceptors (Lipinski definition) is 4. The minimum Gasteiger partial charge on any atom is -0.387 e. The number of rotatable bonds is 6. The van der Waals surface area contributed by atoms with Crippen molar-refractivity contribution in [3.8, 4) is 0 Å². The van der Waals surface area contributed by atoms with E-state index in [-0.39, 0.29) is 0 Å². The molecule has 0 aliphatic heterocycles. The number of aliphatic hydroxyl groups is 1. The van der Waals surface area contributed by atoms with E-state index in [1.165, 1.54) is 5.56 Å². The first-order valence-corrected chi connectivity index (χ1v) is 6.73. The largest absolute Gasteiger partial charge is 0.387 e. The van der Waals surface area contributed by atoms with Crippen LogP contribution in [0, 0.1) is 0 Å². The third-order valence-corrected chi connectivity index (χ3v) is 3.29. The maximum Gasteiger partial charge on any atom is 0.0916 e. The first-order chi connectivity index (χ1) is 9.69. The van der Waals surface area contributed by atoms with Gasteiger partial charge >= 0.3 is 0 Å². The maximum atomic E-state index is 10.2. The predicted octanol–water partition coefficient (Wildman–Crippen LogP) is 1.71. The molecule has 0 saturated heterocycles. The lowest BCUT2D eigenvalue weighted by Crippen LogP contribution is -2.24. The Morgan fingerprint density at radius 2 is 1.75 bits per heavy atom. The van der Waals surface area contributed by atoms with Gasteiger partial charge in [0, 0.05) is 32.0 Å². The summed E-state index contributed by atoms with van der Waals surface area (Å²) < 4.78 is 0. The van der Waals surface area contributed by atoms with E-state index >= 15 is 0 Å². The Balaban J connectivity index is 1.91. The molecule has 0 amide bonds. The molecule has 0 aliphatic carbocycles. The molecule has 1 heterocycles.